The van der Waals surface area contributed by atoms with E-state index in [0.717, 1.165) is 6.07 Å². The molecule has 2 N–H and O–H groups in total. The maximum absolute atomic E-state index is 13.4. The quantitative estimate of drug-likeness (QED) is 0.695. The minimum absolute atomic E-state index is 0.0579. The van der Waals surface area contributed by atoms with Gasteiger partial charge >= 0.3 is 0 Å². The van der Waals surface area contributed by atoms with Crippen LogP contribution in [0.1, 0.15) is 21.5 Å². The van der Waals surface area contributed by atoms with Crippen LogP contribution in [-0.4, -0.2) is 12.9 Å². The molecule has 0 aliphatic carbocycles. The van der Waals surface area contributed by atoms with Crippen LogP contribution in [0.25, 0.3) is 0 Å². The number of para-hydroxylation sites is 1. The highest BCUT2D eigenvalue weighted by atomic mass is 35.5. The maximum atomic E-state index is 13.4. The number of carbonyl (C=O) groups excluding carboxylic acids is 1. The predicted octanol–water partition coefficient (Wildman–Crippen LogP) is 3.61. The van der Waals surface area contributed by atoms with Crippen molar-refractivity contribution < 1.29 is 13.9 Å². The summed E-state index contributed by atoms with van der Waals surface area (Å²) in [6.07, 6.45) is 0. The summed E-state index contributed by atoms with van der Waals surface area (Å²) in [7, 11) is 1.43. The first kappa shape index (κ1) is 14.3. The van der Waals surface area contributed by atoms with Crippen molar-refractivity contribution in [3.63, 3.8) is 0 Å². The Bertz CT molecular complexity index is 686. The fraction of sp³-hybridized carbons (Fsp3) is 0.133. The van der Waals surface area contributed by atoms with E-state index in [1.807, 2.05) is 0 Å². The molecule has 2 aromatic rings. The number of hydrogen-bond donors (Lipinski definition) is 1. The van der Waals surface area contributed by atoms with Crippen LogP contribution < -0.4 is 10.5 Å². The molecule has 0 fully saturated rings. The zero-order chi connectivity index (χ0) is 14.9. The van der Waals surface area contributed by atoms with Crippen LogP contribution in [0, 0.1) is 12.7 Å². The van der Waals surface area contributed by atoms with Crippen LogP contribution in [0.15, 0.2) is 30.3 Å². The summed E-state index contributed by atoms with van der Waals surface area (Å²) in [5, 5.41) is 0.0579. The SMILES string of the molecule is COc1c(N)cccc1C(=O)c1cc(C)c(F)cc1Cl. The second kappa shape index (κ2) is 5.51. The van der Waals surface area contributed by atoms with Crippen LogP contribution in [0.4, 0.5) is 10.1 Å². The van der Waals surface area contributed by atoms with Gasteiger partial charge in [-0.2, -0.15) is 0 Å². The Hall–Kier alpha value is -2.07. The van der Waals surface area contributed by atoms with Gasteiger partial charge in [0, 0.05) is 5.56 Å². The van der Waals surface area contributed by atoms with E-state index in [1.165, 1.54) is 13.2 Å². The number of ketones is 1. The highest BCUT2D eigenvalue weighted by molar-refractivity contribution is 6.35. The molecule has 0 heterocycles. The highest BCUT2D eigenvalue weighted by Crippen LogP contribution is 2.30. The van der Waals surface area contributed by atoms with Crippen molar-refractivity contribution in [2.24, 2.45) is 0 Å². The topological polar surface area (TPSA) is 52.3 Å². The summed E-state index contributed by atoms with van der Waals surface area (Å²) in [6.45, 7) is 1.57. The van der Waals surface area contributed by atoms with Crippen LogP contribution in [0.3, 0.4) is 0 Å². The molecular formula is C15H13ClFNO2. The summed E-state index contributed by atoms with van der Waals surface area (Å²) in [5.41, 5.74) is 6.98. The lowest BCUT2D eigenvalue weighted by Crippen LogP contribution is -2.07. The fourth-order valence-electron chi connectivity index (χ4n) is 1.94. The zero-order valence-corrected chi connectivity index (χ0v) is 11.8. The van der Waals surface area contributed by atoms with E-state index in [1.54, 1.807) is 25.1 Å². The minimum atomic E-state index is -0.453. The van der Waals surface area contributed by atoms with Gasteiger partial charge in [0.25, 0.3) is 0 Å². The number of rotatable bonds is 3. The molecule has 0 atom stereocenters. The van der Waals surface area contributed by atoms with Gasteiger partial charge in [0.1, 0.15) is 5.82 Å². The predicted molar refractivity (Wildman–Crippen MR) is 77.0 cm³/mol. The zero-order valence-electron chi connectivity index (χ0n) is 11.0. The van der Waals surface area contributed by atoms with Crippen molar-refractivity contribution in [3.8, 4) is 5.75 Å². The highest BCUT2D eigenvalue weighted by Gasteiger charge is 2.19. The molecule has 0 amide bonds. The lowest BCUT2D eigenvalue weighted by atomic mass is 10.00. The molecule has 20 heavy (non-hydrogen) atoms. The first-order chi connectivity index (χ1) is 9.45. The summed E-state index contributed by atoms with van der Waals surface area (Å²) in [6, 6.07) is 7.42. The van der Waals surface area contributed by atoms with Crippen molar-refractivity contribution in [2.45, 2.75) is 6.92 Å². The molecule has 0 spiro atoms. The van der Waals surface area contributed by atoms with Gasteiger partial charge in [0.2, 0.25) is 0 Å². The molecule has 0 aromatic heterocycles. The molecule has 104 valence electrons. The average Bonchev–Trinajstić information content (AvgIpc) is 2.41. The second-order valence-corrected chi connectivity index (χ2v) is 4.75. The van der Waals surface area contributed by atoms with Gasteiger partial charge in [-0.25, -0.2) is 4.39 Å². The number of aryl methyl sites for hydroxylation is 1. The number of nitrogen functional groups attached to an aromatic ring is 1. The van der Waals surface area contributed by atoms with Crippen molar-refractivity contribution in [1.82, 2.24) is 0 Å². The van der Waals surface area contributed by atoms with Crippen LogP contribution in [0.5, 0.6) is 5.75 Å². The molecule has 0 aliphatic heterocycles. The van der Waals surface area contributed by atoms with Crippen LogP contribution >= 0.6 is 11.6 Å². The van der Waals surface area contributed by atoms with E-state index in [4.69, 9.17) is 22.1 Å². The van der Waals surface area contributed by atoms with Crippen molar-refractivity contribution in [1.29, 1.82) is 0 Å². The van der Waals surface area contributed by atoms with Gasteiger partial charge in [-0.3, -0.25) is 4.79 Å². The summed E-state index contributed by atoms with van der Waals surface area (Å²) < 4.78 is 18.5. The Kier molecular flexibility index (Phi) is 3.95. The number of anilines is 1. The monoisotopic (exact) mass is 293 g/mol. The molecule has 5 heteroatoms. The molecule has 0 aliphatic rings. The van der Waals surface area contributed by atoms with E-state index < -0.39 is 5.82 Å². The van der Waals surface area contributed by atoms with Gasteiger partial charge in [-0.15, -0.1) is 0 Å². The number of ether oxygens (including phenoxy) is 1. The number of nitrogens with two attached hydrogens (primary N) is 1. The second-order valence-electron chi connectivity index (χ2n) is 4.34. The molecule has 2 rings (SSSR count). The van der Waals surface area contributed by atoms with Gasteiger partial charge in [0.05, 0.1) is 23.4 Å². The van der Waals surface area contributed by atoms with E-state index in [9.17, 15) is 9.18 Å². The maximum Gasteiger partial charge on any atom is 0.198 e. The molecule has 0 saturated carbocycles. The Morgan fingerprint density at radius 2 is 2.00 bits per heavy atom. The van der Waals surface area contributed by atoms with E-state index in [0.29, 0.717) is 16.8 Å². The number of hydrogen-bond acceptors (Lipinski definition) is 3. The van der Waals surface area contributed by atoms with Gasteiger partial charge in [-0.05, 0) is 36.8 Å². The summed E-state index contributed by atoms with van der Waals surface area (Å²) in [5.74, 6) is -0.524. The number of methoxy groups -OCH3 is 1. The number of carbonyl (C=O) groups is 1. The van der Waals surface area contributed by atoms with E-state index in [2.05, 4.69) is 0 Å². The smallest absolute Gasteiger partial charge is 0.198 e. The van der Waals surface area contributed by atoms with Crippen LogP contribution in [0.2, 0.25) is 5.02 Å². The Morgan fingerprint density at radius 3 is 2.65 bits per heavy atom. The Labute approximate surface area is 121 Å². The Balaban J connectivity index is 2.58. The number of benzene rings is 2. The minimum Gasteiger partial charge on any atom is -0.494 e. The molecule has 3 nitrogen and oxygen atoms in total. The van der Waals surface area contributed by atoms with E-state index in [-0.39, 0.29) is 22.1 Å². The van der Waals surface area contributed by atoms with Crippen molar-refractivity contribution in [2.75, 3.05) is 12.8 Å². The largest absolute Gasteiger partial charge is 0.494 e. The average molecular weight is 294 g/mol. The summed E-state index contributed by atoms with van der Waals surface area (Å²) in [4.78, 5) is 12.5. The first-order valence-electron chi connectivity index (χ1n) is 5.88. The lowest BCUT2D eigenvalue weighted by Gasteiger charge is -2.11. The fourth-order valence-corrected chi connectivity index (χ4v) is 2.17. The molecule has 0 unspecified atom stereocenters. The van der Waals surface area contributed by atoms with Gasteiger partial charge < -0.3 is 10.5 Å². The molecule has 0 saturated heterocycles. The number of halogens is 2. The Morgan fingerprint density at radius 1 is 1.30 bits per heavy atom. The molecular weight excluding hydrogens is 281 g/mol. The van der Waals surface area contributed by atoms with Crippen molar-refractivity contribution in [3.05, 3.63) is 57.9 Å². The van der Waals surface area contributed by atoms with E-state index >= 15 is 0 Å². The molecule has 0 radical (unpaired) electrons. The standard InChI is InChI=1S/C15H13ClFNO2/c1-8-6-10(11(16)7-12(8)17)14(19)9-4-3-5-13(18)15(9)20-2/h3-7H,18H2,1-2H3. The third-order valence-corrected chi connectivity index (χ3v) is 3.30. The van der Waals surface area contributed by atoms with Crippen LogP contribution in [-0.2, 0) is 0 Å². The third-order valence-electron chi connectivity index (χ3n) is 2.99. The lowest BCUT2D eigenvalue weighted by molar-refractivity contribution is 0.103. The summed E-state index contributed by atoms with van der Waals surface area (Å²) >= 11 is 5.95. The van der Waals surface area contributed by atoms with Crippen molar-refractivity contribution >= 4 is 23.1 Å². The molecule has 2 aromatic carbocycles. The van der Waals surface area contributed by atoms with Gasteiger partial charge in [0.15, 0.2) is 11.5 Å². The first-order valence-corrected chi connectivity index (χ1v) is 6.26. The molecule has 0 bridgehead atoms. The normalized spacial score (nSPS) is 10.4. The van der Waals surface area contributed by atoms with Gasteiger partial charge in [-0.1, -0.05) is 17.7 Å². The third kappa shape index (κ3) is 2.47.